The number of rotatable bonds is 5. The van der Waals surface area contributed by atoms with Crippen LogP contribution in [0.4, 0.5) is 20.9 Å². The fourth-order valence-electron chi connectivity index (χ4n) is 1.64. The first-order valence-electron chi connectivity index (χ1n) is 6.25. The van der Waals surface area contributed by atoms with Crippen LogP contribution >= 0.6 is 23.1 Å². The summed E-state index contributed by atoms with van der Waals surface area (Å²) in [5.41, 5.74) is 0.587. The van der Waals surface area contributed by atoms with Gasteiger partial charge in [-0.05, 0) is 42.1 Å². The number of nitro groups is 1. The van der Waals surface area contributed by atoms with E-state index in [0.717, 1.165) is 11.8 Å². The molecule has 0 bridgehead atoms. The monoisotopic (exact) mass is 349 g/mol. The molecule has 0 atom stereocenters. The third-order valence-electron chi connectivity index (χ3n) is 2.63. The average Bonchev–Trinajstić information content (AvgIpc) is 2.97. The highest BCUT2D eigenvalue weighted by Gasteiger charge is 2.17. The lowest BCUT2D eigenvalue weighted by Crippen LogP contribution is -1.92. The Kier molecular flexibility index (Phi) is 4.44. The zero-order valence-electron chi connectivity index (χ0n) is 11.3. The van der Waals surface area contributed by atoms with E-state index in [9.17, 15) is 14.5 Å². The van der Waals surface area contributed by atoms with Gasteiger partial charge in [0.2, 0.25) is 5.13 Å². The van der Waals surface area contributed by atoms with Crippen molar-refractivity contribution >= 4 is 39.6 Å². The van der Waals surface area contributed by atoms with Crippen molar-refractivity contribution < 1.29 is 9.31 Å². The number of halogens is 1. The summed E-state index contributed by atoms with van der Waals surface area (Å²) in [6, 6.07) is 8.70. The van der Waals surface area contributed by atoms with Crippen LogP contribution in [-0.4, -0.2) is 20.1 Å². The van der Waals surface area contributed by atoms with E-state index >= 15 is 0 Å². The van der Waals surface area contributed by atoms with Crippen molar-refractivity contribution in [1.82, 2.24) is 15.2 Å². The molecule has 3 rings (SSSR count). The summed E-state index contributed by atoms with van der Waals surface area (Å²) in [5, 5.41) is 22.6. The number of hydrogen-bond donors (Lipinski definition) is 1. The van der Waals surface area contributed by atoms with Crippen molar-refractivity contribution in [2.24, 2.45) is 0 Å². The molecule has 0 radical (unpaired) electrons. The fraction of sp³-hybridized carbons (Fsp3) is 0. The molecule has 0 unspecified atom stereocenters. The van der Waals surface area contributed by atoms with Crippen LogP contribution < -0.4 is 5.32 Å². The van der Waals surface area contributed by atoms with Crippen molar-refractivity contribution in [3.8, 4) is 0 Å². The molecule has 116 valence electrons. The first kappa shape index (κ1) is 15.3. The molecule has 0 aliphatic heterocycles. The van der Waals surface area contributed by atoms with Gasteiger partial charge in [0.25, 0.3) is 0 Å². The van der Waals surface area contributed by atoms with Gasteiger partial charge in [0.05, 0.1) is 4.92 Å². The maximum Gasteiger partial charge on any atom is 0.301 e. The van der Waals surface area contributed by atoms with Gasteiger partial charge in [-0.2, -0.15) is 0 Å². The second kappa shape index (κ2) is 6.67. The summed E-state index contributed by atoms with van der Waals surface area (Å²) < 4.78 is 13.4. The maximum absolute atomic E-state index is 12.9. The number of aromatic nitrogens is 3. The quantitative estimate of drug-likeness (QED) is 0.552. The summed E-state index contributed by atoms with van der Waals surface area (Å²) in [6.07, 6.45) is 1.48. The highest BCUT2D eigenvalue weighted by molar-refractivity contribution is 8.01. The summed E-state index contributed by atoms with van der Waals surface area (Å²) in [7, 11) is 0. The summed E-state index contributed by atoms with van der Waals surface area (Å²) >= 11 is 2.29. The van der Waals surface area contributed by atoms with E-state index < -0.39 is 4.92 Å². The van der Waals surface area contributed by atoms with E-state index in [-0.39, 0.29) is 16.5 Å². The summed E-state index contributed by atoms with van der Waals surface area (Å²) in [4.78, 5) is 14.5. The summed E-state index contributed by atoms with van der Waals surface area (Å²) in [6.45, 7) is 0. The smallest absolute Gasteiger partial charge is 0.301 e. The van der Waals surface area contributed by atoms with Crippen LogP contribution in [0.2, 0.25) is 0 Å². The van der Waals surface area contributed by atoms with Gasteiger partial charge >= 0.3 is 5.69 Å². The van der Waals surface area contributed by atoms with Crippen LogP contribution in [0.1, 0.15) is 0 Å². The van der Waals surface area contributed by atoms with Crippen molar-refractivity contribution in [2.45, 2.75) is 9.37 Å². The number of nitrogens with one attached hydrogen (secondary N) is 1. The van der Waals surface area contributed by atoms with E-state index in [0.29, 0.717) is 15.2 Å². The second-order valence-electron chi connectivity index (χ2n) is 4.19. The number of hydrogen-bond acceptors (Lipinski definition) is 8. The van der Waals surface area contributed by atoms with Gasteiger partial charge in [0, 0.05) is 18.0 Å². The Labute approximate surface area is 137 Å². The van der Waals surface area contributed by atoms with Gasteiger partial charge < -0.3 is 5.32 Å². The molecule has 0 amide bonds. The Morgan fingerprint density at radius 2 is 2.00 bits per heavy atom. The molecule has 0 saturated heterocycles. The van der Waals surface area contributed by atoms with E-state index in [1.165, 1.54) is 41.8 Å². The van der Waals surface area contributed by atoms with Gasteiger partial charge in [-0.15, -0.1) is 10.2 Å². The first-order chi connectivity index (χ1) is 11.1. The topological polar surface area (TPSA) is 93.8 Å². The van der Waals surface area contributed by atoms with Gasteiger partial charge in [-0.25, -0.2) is 9.37 Å². The Morgan fingerprint density at radius 1 is 1.22 bits per heavy atom. The third kappa shape index (κ3) is 3.79. The predicted molar refractivity (Wildman–Crippen MR) is 84.6 cm³/mol. The largest absolute Gasteiger partial charge is 0.330 e. The van der Waals surface area contributed by atoms with Crippen molar-refractivity contribution in [3.05, 3.63) is 58.5 Å². The SMILES string of the molecule is O=[N+]([O-])c1cccnc1Sc1nnc(Nc2ccc(F)cc2)s1. The van der Waals surface area contributed by atoms with Gasteiger partial charge in [-0.3, -0.25) is 10.1 Å². The minimum absolute atomic E-state index is 0.0826. The van der Waals surface area contributed by atoms with E-state index in [1.54, 1.807) is 12.1 Å². The molecule has 10 heteroatoms. The van der Waals surface area contributed by atoms with Crippen molar-refractivity contribution in [2.75, 3.05) is 5.32 Å². The Bertz CT molecular complexity index is 840. The van der Waals surface area contributed by atoms with Crippen molar-refractivity contribution in [3.63, 3.8) is 0 Å². The lowest BCUT2D eigenvalue weighted by atomic mass is 10.3. The highest BCUT2D eigenvalue weighted by atomic mass is 32.2. The van der Waals surface area contributed by atoms with Crippen LogP contribution in [0.15, 0.2) is 52.0 Å². The molecule has 0 fully saturated rings. The molecule has 3 aromatic rings. The Hall–Kier alpha value is -2.59. The maximum atomic E-state index is 12.9. The van der Waals surface area contributed by atoms with Crippen LogP contribution in [0.3, 0.4) is 0 Å². The van der Waals surface area contributed by atoms with E-state index in [2.05, 4.69) is 20.5 Å². The third-order valence-corrected chi connectivity index (χ3v) is 4.53. The molecular weight excluding hydrogens is 341 g/mol. The zero-order chi connectivity index (χ0) is 16.2. The minimum Gasteiger partial charge on any atom is -0.330 e. The molecule has 0 saturated carbocycles. The lowest BCUT2D eigenvalue weighted by molar-refractivity contribution is -0.388. The van der Waals surface area contributed by atoms with E-state index in [1.807, 2.05) is 0 Å². The van der Waals surface area contributed by atoms with Gasteiger partial charge in [-0.1, -0.05) is 11.3 Å². The Balaban J connectivity index is 1.75. The van der Waals surface area contributed by atoms with Crippen molar-refractivity contribution in [1.29, 1.82) is 0 Å². The minimum atomic E-state index is -0.492. The average molecular weight is 349 g/mol. The normalized spacial score (nSPS) is 10.5. The van der Waals surface area contributed by atoms with Crippen LogP contribution in [0, 0.1) is 15.9 Å². The zero-order valence-corrected chi connectivity index (χ0v) is 13.0. The first-order valence-corrected chi connectivity index (χ1v) is 7.88. The predicted octanol–water partition coefficient (Wildman–Crippen LogP) is 3.88. The molecule has 23 heavy (non-hydrogen) atoms. The molecule has 1 N–H and O–H groups in total. The van der Waals surface area contributed by atoms with E-state index in [4.69, 9.17) is 0 Å². The second-order valence-corrected chi connectivity index (χ2v) is 6.41. The van der Waals surface area contributed by atoms with Gasteiger partial charge in [0.1, 0.15) is 5.82 Å². The fourth-order valence-corrected chi connectivity index (χ4v) is 3.39. The van der Waals surface area contributed by atoms with Crippen LogP contribution in [0.25, 0.3) is 0 Å². The number of anilines is 2. The molecule has 1 aromatic carbocycles. The number of pyridine rings is 1. The molecule has 2 heterocycles. The molecule has 0 aliphatic rings. The van der Waals surface area contributed by atoms with Gasteiger partial charge in [0.15, 0.2) is 9.37 Å². The highest BCUT2D eigenvalue weighted by Crippen LogP contribution is 2.35. The lowest BCUT2D eigenvalue weighted by Gasteiger charge is -2.00. The molecule has 0 aliphatic carbocycles. The molecular formula is C13H8FN5O2S2. The van der Waals surface area contributed by atoms with Crippen LogP contribution in [0.5, 0.6) is 0 Å². The molecule has 2 aromatic heterocycles. The van der Waals surface area contributed by atoms with Crippen LogP contribution in [-0.2, 0) is 0 Å². The summed E-state index contributed by atoms with van der Waals surface area (Å²) in [5.74, 6) is -0.327. The molecule has 0 spiro atoms. The number of nitrogens with zero attached hydrogens (tertiary/aromatic N) is 4. The molecule has 7 nitrogen and oxygen atoms in total. The Morgan fingerprint density at radius 3 is 2.74 bits per heavy atom. The standard InChI is InChI=1S/C13H8FN5O2S2/c14-8-3-5-9(6-4-8)16-12-17-18-13(23-12)22-11-10(19(20)21)2-1-7-15-11/h1-7H,(H,16,17). The number of benzene rings is 1.